The molecule has 0 unspecified atom stereocenters. The minimum absolute atomic E-state index is 0.0863. The van der Waals surface area contributed by atoms with Gasteiger partial charge in [-0.05, 0) is 36.8 Å². The highest BCUT2D eigenvalue weighted by atomic mass is 19.1. The van der Waals surface area contributed by atoms with Crippen LogP contribution in [0.3, 0.4) is 0 Å². The number of carbonyl (C=O) groups excluding carboxylic acids is 2. The summed E-state index contributed by atoms with van der Waals surface area (Å²) >= 11 is 0. The third kappa shape index (κ3) is 6.14. The Labute approximate surface area is 166 Å². The number of hydrogen-bond acceptors (Lipinski definition) is 5. The van der Waals surface area contributed by atoms with Gasteiger partial charge < -0.3 is 14.8 Å². The predicted molar refractivity (Wildman–Crippen MR) is 100 cm³/mol. The number of carbonyl (C=O) groups is 2. The van der Waals surface area contributed by atoms with Gasteiger partial charge in [0, 0.05) is 11.6 Å². The van der Waals surface area contributed by atoms with Crippen LogP contribution in [0.5, 0.6) is 5.75 Å². The Morgan fingerprint density at radius 3 is 2.48 bits per heavy atom. The average molecular weight is 400 g/mol. The van der Waals surface area contributed by atoms with E-state index >= 15 is 0 Å². The lowest BCUT2D eigenvalue weighted by Gasteiger charge is -2.15. The van der Waals surface area contributed by atoms with Gasteiger partial charge in [-0.25, -0.2) is 13.6 Å². The first-order chi connectivity index (χ1) is 13.8. The first-order valence-electron chi connectivity index (χ1n) is 8.51. The van der Waals surface area contributed by atoms with Crippen molar-refractivity contribution < 1.29 is 27.8 Å². The highest BCUT2D eigenvalue weighted by Gasteiger charge is 2.17. The molecule has 1 N–H and O–H groups in total. The number of nitrogens with one attached hydrogen (secondary N) is 1. The van der Waals surface area contributed by atoms with Crippen LogP contribution in [0.4, 0.5) is 8.78 Å². The van der Waals surface area contributed by atoms with Gasteiger partial charge in [0.25, 0.3) is 5.91 Å². The van der Waals surface area contributed by atoms with Crippen molar-refractivity contribution in [2.45, 2.75) is 13.0 Å². The van der Waals surface area contributed by atoms with Crippen LogP contribution < -0.4 is 10.1 Å². The highest BCUT2D eigenvalue weighted by Crippen LogP contribution is 2.18. The zero-order valence-electron chi connectivity index (χ0n) is 15.7. The molecule has 1 atom stereocenters. The van der Waals surface area contributed by atoms with E-state index in [9.17, 15) is 18.4 Å². The van der Waals surface area contributed by atoms with Gasteiger partial charge in [-0.2, -0.15) is 5.26 Å². The summed E-state index contributed by atoms with van der Waals surface area (Å²) in [5.41, 5.74) is 0.368. The van der Waals surface area contributed by atoms with E-state index in [1.165, 1.54) is 26.2 Å². The van der Waals surface area contributed by atoms with Crippen molar-refractivity contribution in [2.24, 2.45) is 0 Å². The second-order valence-corrected chi connectivity index (χ2v) is 5.97. The van der Waals surface area contributed by atoms with Crippen LogP contribution in [0.15, 0.2) is 48.0 Å². The van der Waals surface area contributed by atoms with Gasteiger partial charge in [0.15, 0.2) is 6.61 Å². The first-order valence-corrected chi connectivity index (χ1v) is 8.51. The fourth-order valence-corrected chi connectivity index (χ4v) is 2.43. The number of rotatable bonds is 7. The molecule has 6 nitrogen and oxygen atoms in total. The lowest BCUT2D eigenvalue weighted by atomic mass is 10.1. The standard InChI is InChI=1S/C21H18F2N2O4/c1-13(18-8-5-16(22)10-19(18)23)25-20(26)12-29-21(27)15(11-24)9-14-3-6-17(28-2)7-4-14/h3-10,13H,12H2,1-2H3,(H,25,26)/b15-9+/t13-/m1/s1. The van der Waals surface area contributed by atoms with E-state index in [0.29, 0.717) is 17.4 Å². The first kappa shape index (κ1) is 21.6. The lowest BCUT2D eigenvalue weighted by molar-refractivity contribution is -0.144. The maximum atomic E-state index is 13.7. The third-order valence-electron chi connectivity index (χ3n) is 3.91. The monoisotopic (exact) mass is 400 g/mol. The summed E-state index contributed by atoms with van der Waals surface area (Å²) in [6.45, 7) is 0.841. The molecule has 0 aliphatic heterocycles. The average Bonchev–Trinajstić information content (AvgIpc) is 2.70. The maximum absolute atomic E-state index is 13.7. The molecule has 2 aromatic carbocycles. The summed E-state index contributed by atoms with van der Waals surface area (Å²) in [4.78, 5) is 24.0. The van der Waals surface area contributed by atoms with E-state index in [1.807, 2.05) is 0 Å². The summed E-state index contributed by atoms with van der Waals surface area (Å²) in [6, 6.07) is 10.6. The molecule has 0 aliphatic carbocycles. The minimum atomic E-state index is -0.973. The summed E-state index contributed by atoms with van der Waals surface area (Å²) in [5, 5.41) is 11.6. The van der Waals surface area contributed by atoms with Gasteiger partial charge in [-0.3, -0.25) is 4.79 Å². The van der Waals surface area contributed by atoms with Crippen LogP contribution in [-0.2, 0) is 14.3 Å². The van der Waals surface area contributed by atoms with Gasteiger partial charge in [0.05, 0.1) is 13.2 Å². The largest absolute Gasteiger partial charge is 0.497 e. The molecule has 0 saturated heterocycles. The van der Waals surface area contributed by atoms with Crippen molar-refractivity contribution in [2.75, 3.05) is 13.7 Å². The molecule has 2 rings (SSSR count). The maximum Gasteiger partial charge on any atom is 0.349 e. The summed E-state index contributed by atoms with van der Waals surface area (Å²) in [6.07, 6.45) is 1.32. The molecule has 0 fully saturated rings. The van der Waals surface area contributed by atoms with Crippen LogP contribution in [0.25, 0.3) is 6.08 Å². The topological polar surface area (TPSA) is 88.4 Å². The normalized spacial score (nSPS) is 11.9. The van der Waals surface area contributed by atoms with Crippen molar-refractivity contribution in [3.63, 3.8) is 0 Å². The van der Waals surface area contributed by atoms with Gasteiger partial charge in [-0.15, -0.1) is 0 Å². The molecule has 0 heterocycles. The fraction of sp³-hybridized carbons (Fsp3) is 0.190. The second-order valence-electron chi connectivity index (χ2n) is 5.97. The summed E-state index contributed by atoms with van der Waals surface area (Å²) in [5.74, 6) is -2.59. The van der Waals surface area contributed by atoms with E-state index < -0.39 is 36.2 Å². The molecule has 0 spiro atoms. The van der Waals surface area contributed by atoms with Gasteiger partial charge >= 0.3 is 5.97 Å². The number of hydrogen-bond donors (Lipinski definition) is 1. The zero-order chi connectivity index (χ0) is 21.4. The van der Waals surface area contributed by atoms with Gasteiger partial charge in [0.2, 0.25) is 0 Å². The highest BCUT2D eigenvalue weighted by molar-refractivity contribution is 5.98. The van der Waals surface area contributed by atoms with Crippen LogP contribution >= 0.6 is 0 Å². The van der Waals surface area contributed by atoms with E-state index in [-0.39, 0.29) is 11.1 Å². The van der Waals surface area contributed by atoms with Crippen molar-refractivity contribution in [3.8, 4) is 11.8 Å². The Morgan fingerprint density at radius 2 is 1.90 bits per heavy atom. The molecule has 150 valence electrons. The quantitative estimate of drug-likeness (QED) is 0.438. The second kappa shape index (κ2) is 9.99. The molecule has 0 aliphatic rings. The Bertz CT molecular complexity index is 966. The molecule has 0 saturated carbocycles. The Balaban J connectivity index is 1.94. The van der Waals surface area contributed by atoms with E-state index in [2.05, 4.69) is 5.32 Å². The smallest absolute Gasteiger partial charge is 0.349 e. The predicted octanol–water partition coefficient (Wildman–Crippen LogP) is 3.30. The van der Waals surface area contributed by atoms with Crippen molar-refractivity contribution in [1.29, 1.82) is 5.26 Å². The zero-order valence-corrected chi connectivity index (χ0v) is 15.7. The number of halogens is 2. The van der Waals surface area contributed by atoms with Gasteiger partial charge in [-0.1, -0.05) is 18.2 Å². The molecular weight excluding hydrogens is 382 g/mol. The lowest BCUT2D eigenvalue weighted by Crippen LogP contribution is -2.31. The Hall–Kier alpha value is -3.73. The molecule has 0 bridgehead atoms. The minimum Gasteiger partial charge on any atom is -0.497 e. The number of methoxy groups -OCH3 is 1. The van der Waals surface area contributed by atoms with Crippen molar-refractivity contribution >= 4 is 18.0 Å². The van der Waals surface area contributed by atoms with Crippen LogP contribution in [0.1, 0.15) is 24.1 Å². The molecule has 2 aromatic rings. The SMILES string of the molecule is COc1ccc(/C=C(\C#N)C(=O)OCC(=O)N[C@H](C)c2ccc(F)cc2F)cc1. The third-order valence-corrected chi connectivity index (χ3v) is 3.91. The van der Waals surface area contributed by atoms with E-state index in [0.717, 1.165) is 6.07 Å². The summed E-state index contributed by atoms with van der Waals surface area (Å²) in [7, 11) is 1.51. The molecule has 0 radical (unpaired) electrons. The molecule has 8 heteroatoms. The number of nitriles is 1. The molecule has 1 amide bonds. The Kier molecular flexibility index (Phi) is 7.43. The van der Waals surface area contributed by atoms with Crippen LogP contribution in [0, 0.1) is 23.0 Å². The number of benzene rings is 2. The van der Waals surface area contributed by atoms with Crippen molar-refractivity contribution in [3.05, 3.63) is 70.8 Å². The van der Waals surface area contributed by atoms with E-state index in [4.69, 9.17) is 14.7 Å². The van der Waals surface area contributed by atoms with E-state index in [1.54, 1.807) is 30.3 Å². The van der Waals surface area contributed by atoms with Gasteiger partial charge in [0.1, 0.15) is 29.0 Å². The Morgan fingerprint density at radius 1 is 1.21 bits per heavy atom. The number of esters is 1. The number of amides is 1. The molecule has 0 aromatic heterocycles. The van der Waals surface area contributed by atoms with Crippen LogP contribution in [0.2, 0.25) is 0 Å². The molecular formula is C21H18F2N2O4. The van der Waals surface area contributed by atoms with Crippen molar-refractivity contribution in [1.82, 2.24) is 5.32 Å². The number of nitrogens with zero attached hydrogens (tertiary/aromatic N) is 1. The summed E-state index contributed by atoms with van der Waals surface area (Å²) < 4.78 is 36.6. The van der Waals surface area contributed by atoms with Crippen LogP contribution in [-0.4, -0.2) is 25.6 Å². The molecule has 29 heavy (non-hydrogen) atoms. The number of ether oxygens (including phenoxy) is 2. The fourth-order valence-electron chi connectivity index (χ4n) is 2.43.